The zero-order valence-corrected chi connectivity index (χ0v) is 20.2. The normalized spacial score (nSPS) is 14.9. The van der Waals surface area contributed by atoms with E-state index in [1.54, 1.807) is 13.8 Å². The molecule has 0 aliphatic heterocycles. The van der Waals surface area contributed by atoms with Gasteiger partial charge in [-0.1, -0.05) is 77.4 Å². The number of aliphatic hydroxyl groups is 2. The molecule has 0 aromatic rings. The van der Waals surface area contributed by atoms with Gasteiger partial charge in [0.25, 0.3) is 0 Å². The highest BCUT2D eigenvalue weighted by atomic mass is 16.6. The monoisotopic (exact) mass is 427 g/mol. The van der Waals surface area contributed by atoms with Gasteiger partial charge < -0.3 is 14.9 Å². The molecule has 0 radical (unpaired) electrons. The van der Waals surface area contributed by atoms with Crippen LogP contribution in [0.5, 0.6) is 0 Å². The Hall–Kier alpha value is -0.910. The van der Waals surface area contributed by atoms with Gasteiger partial charge in [-0.3, -0.25) is 4.79 Å². The third-order valence-electron chi connectivity index (χ3n) is 5.45. The summed E-state index contributed by atoms with van der Waals surface area (Å²) in [7, 11) is 0. The number of unbranched alkanes of at least 4 members (excludes halogenated alkanes) is 11. The van der Waals surface area contributed by atoms with Gasteiger partial charge >= 0.3 is 5.97 Å². The average Bonchev–Trinajstić information content (AvgIpc) is 2.69. The maximum atomic E-state index is 12.1. The maximum Gasteiger partial charge on any atom is 0.307 e. The van der Waals surface area contributed by atoms with Crippen molar-refractivity contribution in [1.29, 1.82) is 0 Å². The van der Waals surface area contributed by atoms with Crippen LogP contribution in [-0.2, 0) is 9.53 Å². The van der Waals surface area contributed by atoms with Gasteiger partial charge in [0, 0.05) is 6.42 Å². The van der Waals surface area contributed by atoms with Crippen LogP contribution in [0, 0.1) is 0 Å². The molecule has 0 aliphatic rings. The van der Waals surface area contributed by atoms with Gasteiger partial charge in [0.15, 0.2) is 6.23 Å². The molecule has 0 saturated heterocycles. The van der Waals surface area contributed by atoms with E-state index in [1.807, 2.05) is 6.92 Å². The van der Waals surface area contributed by atoms with Gasteiger partial charge in [0.05, 0.1) is 0 Å². The Bertz CT molecular complexity index is 415. The number of carbonyl (C=O) groups excluding carboxylic acids is 1. The quantitative estimate of drug-likeness (QED) is 0.103. The number of hydrogen-bond acceptors (Lipinski definition) is 5. The Morgan fingerprint density at radius 1 is 0.800 bits per heavy atom. The Labute approximate surface area is 185 Å². The summed E-state index contributed by atoms with van der Waals surface area (Å²) in [5.41, 5.74) is 0. The lowest BCUT2D eigenvalue weighted by atomic mass is 10.1. The average molecular weight is 428 g/mol. The van der Waals surface area contributed by atoms with Crippen LogP contribution in [0.25, 0.3) is 0 Å². The van der Waals surface area contributed by atoms with Crippen LogP contribution < -0.4 is 0 Å². The van der Waals surface area contributed by atoms with Gasteiger partial charge in [-0.25, -0.2) is 4.90 Å². The summed E-state index contributed by atoms with van der Waals surface area (Å²) in [6.07, 6.45) is 19.2. The van der Waals surface area contributed by atoms with Gasteiger partial charge in [-0.05, 0) is 52.4 Å². The number of rotatable bonds is 20. The first-order valence-electron chi connectivity index (χ1n) is 12.4. The molecule has 0 heterocycles. The molecule has 3 atom stereocenters. The van der Waals surface area contributed by atoms with Crippen molar-refractivity contribution in [2.75, 3.05) is 0 Å². The first-order chi connectivity index (χ1) is 14.4. The fourth-order valence-corrected chi connectivity index (χ4v) is 3.70. The van der Waals surface area contributed by atoms with E-state index in [-0.39, 0.29) is 5.97 Å². The molecule has 178 valence electrons. The largest absolute Gasteiger partial charge is 0.446 e. The van der Waals surface area contributed by atoms with Crippen LogP contribution >= 0.6 is 0 Å². The molecule has 5 heteroatoms. The third-order valence-corrected chi connectivity index (χ3v) is 5.45. The number of carbonyl (C=O) groups is 1. The highest BCUT2D eigenvalue weighted by molar-refractivity contribution is 5.69. The topological polar surface area (TPSA) is 70.0 Å². The van der Waals surface area contributed by atoms with Crippen molar-refractivity contribution in [2.45, 2.75) is 143 Å². The minimum absolute atomic E-state index is 0.259. The zero-order valence-electron chi connectivity index (χ0n) is 20.2. The summed E-state index contributed by atoms with van der Waals surface area (Å²) in [4.78, 5) is 13.5. The first-order valence-corrected chi connectivity index (χ1v) is 12.4. The molecule has 3 unspecified atom stereocenters. The summed E-state index contributed by atoms with van der Waals surface area (Å²) < 4.78 is 5.46. The predicted octanol–water partition coefficient (Wildman–Crippen LogP) is 6.28. The number of esters is 1. The molecule has 5 nitrogen and oxygen atoms in total. The van der Waals surface area contributed by atoms with Gasteiger partial charge in [0.2, 0.25) is 0 Å². The molecule has 0 aromatic heterocycles. The third kappa shape index (κ3) is 15.9. The number of ether oxygens (including phenoxy) is 1. The van der Waals surface area contributed by atoms with E-state index in [9.17, 15) is 15.0 Å². The molecular weight excluding hydrogens is 378 g/mol. The number of hydrogen-bond donors (Lipinski definition) is 2. The van der Waals surface area contributed by atoms with Crippen molar-refractivity contribution in [3.63, 3.8) is 0 Å². The molecule has 0 rings (SSSR count). The van der Waals surface area contributed by atoms with Gasteiger partial charge in [0.1, 0.15) is 12.5 Å². The van der Waals surface area contributed by atoms with Gasteiger partial charge in [-0.2, -0.15) is 0 Å². The lowest BCUT2D eigenvalue weighted by Crippen LogP contribution is -2.49. The molecule has 30 heavy (non-hydrogen) atoms. The fourth-order valence-electron chi connectivity index (χ4n) is 3.70. The molecule has 0 aliphatic carbocycles. The van der Waals surface area contributed by atoms with Crippen LogP contribution in [0.4, 0.5) is 0 Å². The summed E-state index contributed by atoms with van der Waals surface area (Å²) in [5.74, 6) is -0.259. The van der Waals surface area contributed by atoms with E-state index in [0.29, 0.717) is 12.8 Å². The molecule has 0 bridgehead atoms. The van der Waals surface area contributed by atoms with Crippen LogP contribution in [-0.4, -0.2) is 39.8 Å². The molecular formula is C25H49NO4. The SMILES string of the molecule is CCCCCCCCC=CCCCCCCCC(=O)OC(CC)N(C(C)O)C(C)O. The van der Waals surface area contributed by atoms with E-state index in [0.717, 1.165) is 25.7 Å². The second-order valence-electron chi connectivity index (χ2n) is 8.40. The van der Waals surface area contributed by atoms with E-state index < -0.39 is 18.7 Å². The van der Waals surface area contributed by atoms with Crippen LogP contribution in [0.3, 0.4) is 0 Å². The van der Waals surface area contributed by atoms with E-state index in [2.05, 4.69) is 19.1 Å². The summed E-state index contributed by atoms with van der Waals surface area (Å²) in [6, 6.07) is 0. The second kappa shape index (κ2) is 20.0. The Kier molecular flexibility index (Phi) is 19.4. The molecule has 0 saturated carbocycles. The summed E-state index contributed by atoms with van der Waals surface area (Å²) >= 11 is 0. The van der Waals surface area contributed by atoms with E-state index in [4.69, 9.17) is 4.74 Å². The smallest absolute Gasteiger partial charge is 0.307 e. The van der Waals surface area contributed by atoms with Crippen molar-refractivity contribution in [3.8, 4) is 0 Å². The van der Waals surface area contributed by atoms with Crippen molar-refractivity contribution in [1.82, 2.24) is 4.90 Å². The van der Waals surface area contributed by atoms with E-state index >= 15 is 0 Å². The molecule has 2 N–H and O–H groups in total. The van der Waals surface area contributed by atoms with Crippen molar-refractivity contribution < 1.29 is 19.7 Å². The Morgan fingerprint density at radius 3 is 1.73 bits per heavy atom. The predicted molar refractivity (Wildman–Crippen MR) is 125 cm³/mol. The molecule has 0 spiro atoms. The minimum Gasteiger partial charge on any atom is -0.446 e. The molecule has 0 aromatic carbocycles. The highest BCUT2D eigenvalue weighted by Gasteiger charge is 2.27. The van der Waals surface area contributed by atoms with Crippen molar-refractivity contribution in [2.24, 2.45) is 0 Å². The van der Waals surface area contributed by atoms with Crippen molar-refractivity contribution >= 4 is 5.97 Å². The number of nitrogens with zero attached hydrogens (tertiary/aromatic N) is 1. The lowest BCUT2D eigenvalue weighted by Gasteiger charge is -2.34. The maximum absolute atomic E-state index is 12.1. The second-order valence-corrected chi connectivity index (χ2v) is 8.40. The standard InChI is InChI=1S/C25H49NO4/c1-5-7-8-9-10-11-12-13-14-15-16-17-18-19-20-21-25(29)30-24(6-2)26(22(3)27)23(4)28/h13-14,22-24,27-28H,5-12,15-21H2,1-4H3. The number of aliphatic hydroxyl groups excluding tert-OH is 2. The van der Waals surface area contributed by atoms with Crippen molar-refractivity contribution in [3.05, 3.63) is 12.2 Å². The zero-order chi connectivity index (χ0) is 22.6. The Morgan fingerprint density at radius 2 is 1.27 bits per heavy atom. The fraction of sp³-hybridized carbons (Fsp3) is 0.880. The number of allylic oxidation sites excluding steroid dienone is 2. The first kappa shape index (κ1) is 29.1. The summed E-state index contributed by atoms with van der Waals surface area (Å²) in [5, 5.41) is 19.6. The van der Waals surface area contributed by atoms with Gasteiger partial charge in [-0.15, -0.1) is 0 Å². The Balaban J connectivity index is 3.67. The lowest BCUT2D eigenvalue weighted by molar-refractivity contribution is -0.195. The van der Waals surface area contributed by atoms with Crippen LogP contribution in [0.15, 0.2) is 12.2 Å². The summed E-state index contributed by atoms with van der Waals surface area (Å²) in [6.45, 7) is 7.25. The van der Waals surface area contributed by atoms with Crippen LogP contribution in [0.1, 0.15) is 124 Å². The van der Waals surface area contributed by atoms with Crippen LogP contribution in [0.2, 0.25) is 0 Å². The molecule has 0 amide bonds. The minimum atomic E-state index is -0.873. The van der Waals surface area contributed by atoms with E-state index in [1.165, 1.54) is 62.7 Å². The molecule has 0 fully saturated rings. The highest BCUT2D eigenvalue weighted by Crippen LogP contribution is 2.15.